The van der Waals surface area contributed by atoms with E-state index in [2.05, 4.69) is 10.2 Å². The summed E-state index contributed by atoms with van der Waals surface area (Å²) in [6, 6.07) is 0.648. The maximum Gasteiger partial charge on any atom is 0.410 e. The summed E-state index contributed by atoms with van der Waals surface area (Å²) in [5.74, 6) is 0. The van der Waals surface area contributed by atoms with Gasteiger partial charge < -0.3 is 15.0 Å². The molecule has 0 aromatic rings. The number of carbonyl (C=O) groups excluding carboxylic acids is 1. The van der Waals surface area contributed by atoms with E-state index in [9.17, 15) is 4.79 Å². The molecule has 2 heterocycles. The number of piperidine rings is 1. The number of piperazine rings is 1. The first-order valence-corrected chi connectivity index (χ1v) is 7.38. The van der Waals surface area contributed by atoms with Crippen molar-refractivity contribution in [2.75, 3.05) is 39.3 Å². The molecule has 1 amide bonds. The van der Waals surface area contributed by atoms with Crippen LogP contribution in [0.5, 0.6) is 0 Å². The van der Waals surface area contributed by atoms with Gasteiger partial charge in [-0.25, -0.2) is 4.79 Å². The molecule has 0 saturated carbocycles. The summed E-state index contributed by atoms with van der Waals surface area (Å²) < 4.78 is 5.41. The first kappa shape index (κ1) is 17.5. The van der Waals surface area contributed by atoms with Crippen molar-refractivity contribution >= 4 is 18.5 Å². The normalized spacial score (nSPS) is 24.9. The second kappa shape index (κ2) is 7.48. The third kappa shape index (κ3) is 5.11. The van der Waals surface area contributed by atoms with Crippen LogP contribution in [-0.4, -0.2) is 66.8 Å². The molecule has 20 heavy (non-hydrogen) atoms. The minimum Gasteiger partial charge on any atom is -0.444 e. The maximum absolute atomic E-state index is 12.0. The molecular weight excluding hydrogens is 278 g/mol. The molecule has 1 N–H and O–H groups in total. The lowest BCUT2D eigenvalue weighted by Crippen LogP contribution is -2.55. The molecule has 2 fully saturated rings. The van der Waals surface area contributed by atoms with Crippen LogP contribution in [0.1, 0.15) is 33.6 Å². The number of nitrogens with zero attached hydrogens (tertiary/aromatic N) is 2. The van der Waals surface area contributed by atoms with E-state index in [0.29, 0.717) is 6.04 Å². The number of halogens is 1. The van der Waals surface area contributed by atoms with E-state index < -0.39 is 5.60 Å². The summed E-state index contributed by atoms with van der Waals surface area (Å²) >= 11 is 0. The van der Waals surface area contributed by atoms with Crippen LogP contribution < -0.4 is 5.32 Å². The molecule has 5 nitrogen and oxygen atoms in total. The number of hydrogen-bond acceptors (Lipinski definition) is 4. The Morgan fingerprint density at radius 3 is 2.35 bits per heavy atom. The number of amides is 1. The zero-order chi connectivity index (χ0) is 13.9. The van der Waals surface area contributed by atoms with Crippen molar-refractivity contribution < 1.29 is 9.53 Å². The maximum atomic E-state index is 12.0. The van der Waals surface area contributed by atoms with Gasteiger partial charge in [-0.15, -0.1) is 12.4 Å². The van der Waals surface area contributed by atoms with Crippen molar-refractivity contribution in [2.24, 2.45) is 0 Å². The summed E-state index contributed by atoms with van der Waals surface area (Å²) in [5, 5.41) is 3.45. The lowest BCUT2D eigenvalue weighted by atomic mass is 10.1. The predicted molar refractivity (Wildman–Crippen MR) is 82.5 cm³/mol. The van der Waals surface area contributed by atoms with Crippen LogP contribution in [0.2, 0.25) is 0 Å². The molecule has 0 aliphatic carbocycles. The van der Waals surface area contributed by atoms with Crippen LogP contribution in [0, 0.1) is 0 Å². The number of hydrogen-bond donors (Lipinski definition) is 1. The van der Waals surface area contributed by atoms with Crippen molar-refractivity contribution in [3.8, 4) is 0 Å². The fourth-order valence-corrected chi connectivity index (χ4v) is 2.74. The molecule has 2 aliphatic rings. The Balaban J connectivity index is 0.00000200. The highest BCUT2D eigenvalue weighted by molar-refractivity contribution is 5.85. The Kier molecular flexibility index (Phi) is 6.55. The van der Waals surface area contributed by atoms with Gasteiger partial charge in [0.25, 0.3) is 0 Å². The van der Waals surface area contributed by atoms with E-state index in [1.165, 1.54) is 12.8 Å². The van der Waals surface area contributed by atoms with Gasteiger partial charge >= 0.3 is 6.09 Å². The summed E-state index contributed by atoms with van der Waals surface area (Å²) in [7, 11) is 0. The molecule has 118 valence electrons. The fraction of sp³-hybridized carbons (Fsp3) is 0.929. The van der Waals surface area contributed by atoms with E-state index in [1.807, 2.05) is 25.7 Å². The van der Waals surface area contributed by atoms with Crippen LogP contribution in [-0.2, 0) is 4.74 Å². The van der Waals surface area contributed by atoms with Gasteiger partial charge in [0.1, 0.15) is 5.60 Å². The Morgan fingerprint density at radius 2 is 1.85 bits per heavy atom. The molecule has 0 bridgehead atoms. The second-order valence-electron chi connectivity index (χ2n) is 6.50. The molecule has 2 saturated heterocycles. The molecule has 0 radical (unpaired) electrons. The van der Waals surface area contributed by atoms with E-state index >= 15 is 0 Å². The first-order chi connectivity index (χ1) is 8.96. The van der Waals surface area contributed by atoms with E-state index in [1.54, 1.807) is 0 Å². The van der Waals surface area contributed by atoms with Crippen molar-refractivity contribution in [1.82, 2.24) is 15.1 Å². The molecule has 2 rings (SSSR count). The average molecular weight is 306 g/mol. The molecule has 0 aromatic heterocycles. The number of rotatable bonds is 1. The van der Waals surface area contributed by atoms with E-state index in [4.69, 9.17) is 4.74 Å². The topological polar surface area (TPSA) is 44.8 Å². The molecule has 6 heteroatoms. The largest absolute Gasteiger partial charge is 0.444 e. The lowest BCUT2D eigenvalue weighted by Gasteiger charge is -2.41. The molecule has 0 aromatic carbocycles. The predicted octanol–water partition coefficient (Wildman–Crippen LogP) is 1.71. The van der Waals surface area contributed by atoms with Crippen LogP contribution in [0.25, 0.3) is 0 Å². The van der Waals surface area contributed by atoms with Crippen LogP contribution in [0.4, 0.5) is 4.79 Å². The van der Waals surface area contributed by atoms with Crippen molar-refractivity contribution in [3.05, 3.63) is 0 Å². The zero-order valence-electron chi connectivity index (χ0n) is 12.9. The minimum absolute atomic E-state index is 0. The standard InChI is InChI=1S/C14H27N3O2.ClH/c1-14(2,3)19-13(18)17-9-7-16(8-10-17)12-5-4-6-15-11-12;/h12,15H,4-11H2,1-3H3;1H/t12-;/m1./s1. The van der Waals surface area contributed by atoms with Crippen molar-refractivity contribution in [1.29, 1.82) is 0 Å². The molecule has 1 atom stereocenters. The lowest BCUT2D eigenvalue weighted by molar-refractivity contribution is 0.00907. The van der Waals surface area contributed by atoms with Crippen LogP contribution in [0.15, 0.2) is 0 Å². The first-order valence-electron chi connectivity index (χ1n) is 7.38. The smallest absolute Gasteiger partial charge is 0.410 e. The van der Waals surface area contributed by atoms with E-state index in [-0.39, 0.29) is 18.5 Å². The minimum atomic E-state index is -0.401. The molecular formula is C14H28ClN3O2. The van der Waals surface area contributed by atoms with Gasteiger partial charge in [0.05, 0.1) is 0 Å². The SMILES string of the molecule is CC(C)(C)OC(=O)N1CCN([C@@H]2CCCNC2)CC1.Cl. The monoisotopic (exact) mass is 305 g/mol. The van der Waals surface area contributed by atoms with Crippen LogP contribution in [0.3, 0.4) is 0 Å². The van der Waals surface area contributed by atoms with Gasteiger partial charge in [0.15, 0.2) is 0 Å². The molecule has 0 spiro atoms. The van der Waals surface area contributed by atoms with Crippen molar-refractivity contribution in [2.45, 2.75) is 45.3 Å². The summed E-state index contributed by atoms with van der Waals surface area (Å²) in [5.41, 5.74) is -0.401. The average Bonchev–Trinajstić information content (AvgIpc) is 2.38. The summed E-state index contributed by atoms with van der Waals surface area (Å²) in [4.78, 5) is 16.3. The third-order valence-corrected chi connectivity index (χ3v) is 3.75. The van der Waals surface area contributed by atoms with Gasteiger partial charge in [-0.2, -0.15) is 0 Å². The Bertz CT molecular complexity index is 306. The second-order valence-corrected chi connectivity index (χ2v) is 6.50. The Morgan fingerprint density at radius 1 is 1.20 bits per heavy atom. The van der Waals surface area contributed by atoms with Crippen molar-refractivity contribution in [3.63, 3.8) is 0 Å². The van der Waals surface area contributed by atoms with Gasteiger partial charge in [0.2, 0.25) is 0 Å². The van der Waals surface area contributed by atoms with Gasteiger partial charge in [0, 0.05) is 38.8 Å². The third-order valence-electron chi connectivity index (χ3n) is 3.75. The number of carbonyl (C=O) groups is 1. The molecule has 0 unspecified atom stereocenters. The highest BCUT2D eigenvalue weighted by atomic mass is 35.5. The summed E-state index contributed by atoms with van der Waals surface area (Å²) in [6.07, 6.45) is 2.37. The quantitative estimate of drug-likeness (QED) is 0.801. The molecule has 2 aliphatic heterocycles. The van der Waals surface area contributed by atoms with Gasteiger partial charge in [-0.1, -0.05) is 0 Å². The Hall–Kier alpha value is -0.520. The highest BCUT2D eigenvalue weighted by Crippen LogP contribution is 2.15. The number of ether oxygens (including phenoxy) is 1. The fourth-order valence-electron chi connectivity index (χ4n) is 2.74. The van der Waals surface area contributed by atoms with Crippen LogP contribution >= 0.6 is 12.4 Å². The summed E-state index contributed by atoms with van der Waals surface area (Å²) in [6.45, 7) is 11.5. The number of nitrogens with one attached hydrogen (secondary N) is 1. The highest BCUT2D eigenvalue weighted by Gasteiger charge is 2.29. The van der Waals surface area contributed by atoms with Gasteiger partial charge in [-0.05, 0) is 40.2 Å². The Labute approximate surface area is 128 Å². The zero-order valence-corrected chi connectivity index (χ0v) is 13.7. The van der Waals surface area contributed by atoms with Gasteiger partial charge in [-0.3, -0.25) is 4.90 Å². The van der Waals surface area contributed by atoms with E-state index in [0.717, 1.165) is 39.3 Å².